The molecule has 1 amide bonds. The fourth-order valence-corrected chi connectivity index (χ4v) is 4.32. The maximum Gasteiger partial charge on any atom is 0.338 e. The minimum absolute atomic E-state index is 0.0565. The van der Waals surface area contributed by atoms with Crippen LogP contribution in [0, 0.1) is 0 Å². The topological polar surface area (TPSA) is 102 Å². The third-order valence-electron chi connectivity index (χ3n) is 4.20. The second kappa shape index (κ2) is 8.39. The standard InChI is InChI=1S/C19H28N2O5S/c1-13(17(22)20-15-7-5-6-8-15)26-18(23)14-9-11-16(12-10-14)27(24,25)21-19(2,3)4/h9-13,15,21H,5-8H2,1-4H3,(H,20,22). The van der Waals surface area contributed by atoms with E-state index >= 15 is 0 Å². The Bertz CT molecular complexity index is 775. The first-order valence-corrected chi connectivity index (χ1v) is 10.6. The van der Waals surface area contributed by atoms with Gasteiger partial charge < -0.3 is 10.1 Å². The number of rotatable bonds is 6. The molecule has 7 nitrogen and oxygen atoms in total. The maximum absolute atomic E-state index is 12.3. The molecule has 1 aliphatic rings. The lowest BCUT2D eigenvalue weighted by molar-refractivity contribution is -0.129. The van der Waals surface area contributed by atoms with Crippen LogP contribution < -0.4 is 10.0 Å². The van der Waals surface area contributed by atoms with Crippen molar-refractivity contribution in [2.75, 3.05) is 0 Å². The first-order chi connectivity index (χ1) is 12.5. The second-order valence-corrected chi connectivity index (χ2v) is 9.60. The molecule has 0 aromatic heterocycles. The van der Waals surface area contributed by atoms with E-state index in [2.05, 4.69) is 10.0 Å². The van der Waals surface area contributed by atoms with Gasteiger partial charge in [0.15, 0.2) is 6.10 Å². The molecular formula is C19H28N2O5S. The van der Waals surface area contributed by atoms with Crippen LogP contribution in [0.4, 0.5) is 0 Å². The SMILES string of the molecule is CC(OC(=O)c1ccc(S(=O)(=O)NC(C)(C)C)cc1)C(=O)NC1CCCC1. The molecule has 1 atom stereocenters. The summed E-state index contributed by atoms with van der Waals surface area (Å²) in [4.78, 5) is 24.4. The Labute approximate surface area is 160 Å². The van der Waals surface area contributed by atoms with Crippen LogP contribution in [-0.2, 0) is 19.6 Å². The predicted molar refractivity (Wildman–Crippen MR) is 102 cm³/mol. The Balaban J connectivity index is 1.97. The van der Waals surface area contributed by atoms with E-state index in [-0.39, 0.29) is 22.4 Å². The van der Waals surface area contributed by atoms with Gasteiger partial charge in [-0.15, -0.1) is 0 Å². The van der Waals surface area contributed by atoms with E-state index in [4.69, 9.17) is 4.74 Å². The van der Waals surface area contributed by atoms with Crippen molar-refractivity contribution in [2.24, 2.45) is 0 Å². The maximum atomic E-state index is 12.3. The lowest BCUT2D eigenvalue weighted by Gasteiger charge is -2.20. The van der Waals surface area contributed by atoms with Gasteiger partial charge >= 0.3 is 5.97 Å². The molecule has 0 bridgehead atoms. The number of ether oxygens (including phenoxy) is 1. The normalized spacial score (nSPS) is 16.7. The summed E-state index contributed by atoms with van der Waals surface area (Å²) in [6.45, 7) is 6.76. The number of hydrogen-bond donors (Lipinski definition) is 2. The molecule has 150 valence electrons. The molecule has 0 heterocycles. The van der Waals surface area contributed by atoms with Crippen LogP contribution >= 0.6 is 0 Å². The average Bonchev–Trinajstić information content (AvgIpc) is 3.05. The number of nitrogens with one attached hydrogen (secondary N) is 2. The fraction of sp³-hybridized carbons (Fsp3) is 0.579. The van der Waals surface area contributed by atoms with E-state index in [0.29, 0.717) is 0 Å². The van der Waals surface area contributed by atoms with Crippen molar-refractivity contribution < 1.29 is 22.7 Å². The summed E-state index contributed by atoms with van der Waals surface area (Å²) in [6, 6.07) is 5.59. The van der Waals surface area contributed by atoms with Crippen LogP contribution in [0.5, 0.6) is 0 Å². The Morgan fingerprint density at radius 3 is 2.19 bits per heavy atom. The molecule has 8 heteroatoms. The van der Waals surface area contributed by atoms with Crippen molar-refractivity contribution in [2.45, 2.75) is 76.0 Å². The van der Waals surface area contributed by atoms with Crippen molar-refractivity contribution >= 4 is 21.9 Å². The van der Waals surface area contributed by atoms with Crippen LogP contribution in [-0.4, -0.2) is 38.0 Å². The molecule has 2 N–H and O–H groups in total. The molecule has 27 heavy (non-hydrogen) atoms. The summed E-state index contributed by atoms with van der Waals surface area (Å²) in [6.07, 6.45) is 3.18. The highest BCUT2D eigenvalue weighted by Crippen LogP contribution is 2.18. The Kier molecular flexibility index (Phi) is 6.64. The predicted octanol–water partition coefficient (Wildman–Crippen LogP) is 2.37. The molecule has 1 saturated carbocycles. The number of carbonyl (C=O) groups excluding carboxylic acids is 2. The molecule has 1 unspecified atom stereocenters. The molecule has 0 spiro atoms. The largest absolute Gasteiger partial charge is 0.449 e. The van der Waals surface area contributed by atoms with E-state index < -0.39 is 27.6 Å². The van der Waals surface area contributed by atoms with Gasteiger partial charge in [0.1, 0.15) is 0 Å². The van der Waals surface area contributed by atoms with Gasteiger partial charge in [-0.25, -0.2) is 17.9 Å². The van der Waals surface area contributed by atoms with Gasteiger partial charge in [0.25, 0.3) is 5.91 Å². The van der Waals surface area contributed by atoms with Crippen molar-refractivity contribution in [1.82, 2.24) is 10.0 Å². The summed E-state index contributed by atoms with van der Waals surface area (Å²) in [5, 5.41) is 2.88. The van der Waals surface area contributed by atoms with E-state index in [1.54, 1.807) is 20.8 Å². The zero-order chi connectivity index (χ0) is 20.2. The van der Waals surface area contributed by atoms with E-state index in [1.807, 2.05) is 0 Å². The second-order valence-electron chi connectivity index (χ2n) is 7.92. The van der Waals surface area contributed by atoms with Crippen molar-refractivity contribution in [3.63, 3.8) is 0 Å². The third-order valence-corrected chi connectivity index (χ3v) is 5.97. The molecule has 1 aromatic rings. The van der Waals surface area contributed by atoms with Crippen LogP contribution in [0.25, 0.3) is 0 Å². The van der Waals surface area contributed by atoms with Gasteiger partial charge in [-0.05, 0) is 64.8 Å². The average molecular weight is 397 g/mol. The highest BCUT2D eigenvalue weighted by molar-refractivity contribution is 7.89. The Morgan fingerprint density at radius 2 is 1.67 bits per heavy atom. The van der Waals surface area contributed by atoms with Crippen LogP contribution in [0.15, 0.2) is 29.2 Å². The van der Waals surface area contributed by atoms with E-state index in [9.17, 15) is 18.0 Å². The Hall–Kier alpha value is -1.93. The van der Waals surface area contributed by atoms with Gasteiger partial charge in [-0.2, -0.15) is 0 Å². The third kappa shape index (κ3) is 6.32. The van der Waals surface area contributed by atoms with Crippen LogP contribution in [0.3, 0.4) is 0 Å². The molecular weight excluding hydrogens is 368 g/mol. The number of hydrogen-bond acceptors (Lipinski definition) is 5. The summed E-state index contributed by atoms with van der Waals surface area (Å²) in [5.74, 6) is -0.986. The highest BCUT2D eigenvalue weighted by atomic mass is 32.2. The molecule has 0 saturated heterocycles. The zero-order valence-corrected chi connectivity index (χ0v) is 17.1. The monoisotopic (exact) mass is 396 g/mol. The summed E-state index contributed by atoms with van der Waals surface area (Å²) < 4.78 is 32.3. The van der Waals surface area contributed by atoms with Gasteiger partial charge in [0.2, 0.25) is 10.0 Å². The van der Waals surface area contributed by atoms with Gasteiger partial charge in [0.05, 0.1) is 10.5 Å². The molecule has 2 rings (SSSR count). The van der Waals surface area contributed by atoms with Crippen molar-refractivity contribution in [3.8, 4) is 0 Å². The van der Waals surface area contributed by atoms with Crippen molar-refractivity contribution in [3.05, 3.63) is 29.8 Å². The number of sulfonamides is 1. The quantitative estimate of drug-likeness (QED) is 0.719. The van der Waals surface area contributed by atoms with Crippen LogP contribution in [0.1, 0.15) is 63.7 Å². The number of carbonyl (C=O) groups is 2. The number of amides is 1. The van der Waals surface area contributed by atoms with Gasteiger partial charge in [-0.1, -0.05) is 12.8 Å². The summed E-state index contributed by atoms with van der Waals surface area (Å²) >= 11 is 0. The molecule has 1 aromatic carbocycles. The lowest BCUT2D eigenvalue weighted by atomic mass is 10.1. The highest BCUT2D eigenvalue weighted by Gasteiger charge is 2.25. The van der Waals surface area contributed by atoms with E-state index in [1.165, 1.54) is 31.2 Å². The first kappa shape index (κ1) is 21.4. The fourth-order valence-electron chi connectivity index (χ4n) is 2.90. The zero-order valence-electron chi connectivity index (χ0n) is 16.2. The Morgan fingerprint density at radius 1 is 1.11 bits per heavy atom. The van der Waals surface area contributed by atoms with Crippen molar-refractivity contribution in [1.29, 1.82) is 0 Å². The molecule has 1 fully saturated rings. The minimum Gasteiger partial charge on any atom is -0.449 e. The van der Waals surface area contributed by atoms with Crippen LogP contribution in [0.2, 0.25) is 0 Å². The first-order valence-electron chi connectivity index (χ1n) is 9.13. The lowest BCUT2D eigenvalue weighted by Crippen LogP contribution is -2.41. The van der Waals surface area contributed by atoms with E-state index in [0.717, 1.165) is 25.7 Å². The molecule has 1 aliphatic carbocycles. The summed E-state index contributed by atoms with van der Waals surface area (Å²) in [7, 11) is -3.68. The molecule has 0 radical (unpaired) electrons. The van der Waals surface area contributed by atoms with Gasteiger partial charge in [-0.3, -0.25) is 4.79 Å². The smallest absolute Gasteiger partial charge is 0.338 e. The molecule has 0 aliphatic heterocycles. The minimum atomic E-state index is -3.68. The van der Waals surface area contributed by atoms with Gasteiger partial charge in [0, 0.05) is 11.6 Å². The number of benzene rings is 1. The number of esters is 1. The summed E-state index contributed by atoms with van der Waals surface area (Å²) in [5.41, 5.74) is -0.427.